The average molecular weight is 363 g/mol. The predicted octanol–water partition coefficient (Wildman–Crippen LogP) is 4.77. The molecule has 1 aliphatic rings. The predicted molar refractivity (Wildman–Crippen MR) is 104 cm³/mol. The number of aromatic nitrogens is 1. The Morgan fingerprint density at radius 2 is 1.93 bits per heavy atom. The van der Waals surface area contributed by atoms with E-state index >= 15 is 0 Å². The van der Waals surface area contributed by atoms with Gasteiger partial charge in [0.2, 0.25) is 0 Å². The molecule has 3 aromatic rings. The molecule has 4 rings (SSSR count). The van der Waals surface area contributed by atoms with Crippen LogP contribution in [-0.4, -0.2) is 22.0 Å². The highest BCUT2D eigenvalue weighted by Gasteiger charge is 2.31. The van der Waals surface area contributed by atoms with Gasteiger partial charge in [-0.15, -0.1) is 0 Å². The molecule has 1 unspecified atom stereocenters. The summed E-state index contributed by atoms with van der Waals surface area (Å²) in [5.74, 6) is -0.318. The molecule has 27 heavy (non-hydrogen) atoms. The third kappa shape index (κ3) is 3.58. The minimum atomic E-state index is -0.318. The molecule has 0 saturated heterocycles. The van der Waals surface area contributed by atoms with Crippen LogP contribution in [0, 0.1) is 12.7 Å². The molecular weight excluding hydrogens is 341 g/mol. The van der Waals surface area contributed by atoms with Gasteiger partial charge >= 0.3 is 6.03 Å². The fourth-order valence-corrected chi connectivity index (χ4v) is 3.63. The SMILES string of the molecule is Cc1ccc(NC(=O)N2CCn3cccc3C2Cc2ccccc2)cc1F. The molecule has 138 valence electrons. The standard InChI is InChI=1S/C22H22FN3O/c1-16-9-10-18(15-19(16)23)24-22(27)26-13-12-25-11-5-8-20(25)21(26)14-17-6-3-2-4-7-17/h2-11,15,21H,12-14H2,1H3,(H,24,27). The number of aryl methyl sites for hydroxylation is 1. The van der Waals surface area contributed by atoms with Crippen LogP contribution in [0.5, 0.6) is 0 Å². The molecule has 2 aromatic carbocycles. The van der Waals surface area contributed by atoms with Crippen molar-refractivity contribution in [3.8, 4) is 0 Å². The van der Waals surface area contributed by atoms with Crippen molar-refractivity contribution in [2.24, 2.45) is 0 Å². The lowest BCUT2D eigenvalue weighted by atomic mass is 10.0. The topological polar surface area (TPSA) is 37.3 Å². The number of amides is 2. The fourth-order valence-electron chi connectivity index (χ4n) is 3.63. The third-order valence-corrected chi connectivity index (χ3v) is 5.12. The van der Waals surface area contributed by atoms with Crippen molar-refractivity contribution < 1.29 is 9.18 Å². The average Bonchev–Trinajstić information content (AvgIpc) is 3.15. The Bertz CT molecular complexity index is 951. The van der Waals surface area contributed by atoms with E-state index in [0.29, 0.717) is 17.8 Å². The highest BCUT2D eigenvalue weighted by atomic mass is 19.1. The smallest absolute Gasteiger partial charge is 0.322 e. The second kappa shape index (κ2) is 7.27. The molecule has 1 atom stereocenters. The number of nitrogens with zero attached hydrogens (tertiary/aromatic N) is 2. The van der Waals surface area contributed by atoms with Gasteiger partial charge in [0.05, 0.1) is 6.04 Å². The van der Waals surface area contributed by atoms with Gasteiger partial charge in [-0.1, -0.05) is 36.4 Å². The monoisotopic (exact) mass is 363 g/mol. The van der Waals surface area contributed by atoms with E-state index in [0.717, 1.165) is 18.7 Å². The number of halogens is 1. The number of anilines is 1. The Morgan fingerprint density at radius 1 is 1.11 bits per heavy atom. The van der Waals surface area contributed by atoms with E-state index in [1.165, 1.54) is 11.6 Å². The zero-order valence-corrected chi connectivity index (χ0v) is 15.2. The zero-order valence-electron chi connectivity index (χ0n) is 15.2. The van der Waals surface area contributed by atoms with Crippen LogP contribution in [0.15, 0.2) is 66.9 Å². The van der Waals surface area contributed by atoms with Crippen molar-refractivity contribution in [1.82, 2.24) is 9.47 Å². The molecule has 0 bridgehead atoms. The number of carbonyl (C=O) groups is 1. The van der Waals surface area contributed by atoms with Crippen molar-refractivity contribution in [3.05, 3.63) is 89.5 Å². The fraction of sp³-hybridized carbons (Fsp3) is 0.227. The van der Waals surface area contributed by atoms with Crippen molar-refractivity contribution in [2.45, 2.75) is 25.9 Å². The van der Waals surface area contributed by atoms with Crippen molar-refractivity contribution in [3.63, 3.8) is 0 Å². The lowest BCUT2D eigenvalue weighted by Gasteiger charge is -2.37. The summed E-state index contributed by atoms with van der Waals surface area (Å²) in [6.07, 6.45) is 2.79. The van der Waals surface area contributed by atoms with E-state index in [2.05, 4.69) is 34.3 Å². The maximum Gasteiger partial charge on any atom is 0.322 e. The van der Waals surface area contributed by atoms with Gasteiger partial charge in [0.1, 0.15) is 5.82 Å². The van der Waals surface area contributed by atoms with Crippen LogP contribution in [0.2, 0.25) is 0 Å². The Morgan fingerprint density at radius 3 is 2.70 bits per heavy atom. The molecule has 1 N–H and O–H groups in total. The molecule has 2 heterocycles. The molecule has 1 aromatic heterocycles. The molecule has 5 heteroatoms. The number of urea groups is 1. The summed E-state index contributed by atoms with van der Waals surface area (Å²) in [5, 5.41) is 2.86. The van der Waals surface area contributed by atoms with Gasteiger partial charge in [0.25, 0.3) is 0 Å². The number of rotatable bonds is 3. The Balaban J connectivity index is 1.59. The third-order valence-electron chi connectivity index (χ3n) is 5.12. The molecule has 0 fully saturated rings. The van der Waals surface area contributed by atoms with Crippen LogP contribution in [0.1, 0.15) is 22.9 Å². The summed E-state index contributed by atoms with van der Waals surface area (Å²) in [5.41, 5.74) is 3.33. The number of hydrogen-bond acceptors (Lipinski definition) is 1. The van der Waals surface area contributed by atoms with E-state index in [1.807, 2.05) is 29.2 Å². The lowest BCUT2D eigenvalue weighted by Crippen LogP contribution is -2.44. The van der Waals surface area contributed by atoms with Crippen molar-refractivity contribution >= 4 is 11.7 Å². The van der Waals surface area contributed by atoms with Crippen LogP contribution in [-0.2, 0) is 13.0 Å². The van der Waals surface area contributed by atoms with Crippen LogP contribution >= 0.6 is 0 Å². The maximum atomic E-state index is 13.8. The first-order chi connectivity index (χ1) is 13.1. The molecular formula is C22H22FN3O. The van der Waals surface area contributed by atoms with Gasteiger partial charge in [-0.25, -0.2) is 9.18 Å². The highest BCUT2D eigenvalue weighted by molar-refractivity contribution is 5.89. The number of nitrogens with one attached hydrogen (secondary N) is 1. The van der Waals surface area contributed by atoms with Crippen LogP contribution in [0.4, 0.5) is 14.9 Å². The zero-order chi connectivity index (χ0) is 18.8. The van der Waals surface area contributed by atoms with E-state index in [9.17, 15) is 9.18 Å². The van der Waals surface area contributed by atoms with E-state index in [1.54, 1.807) is 19.1 Å². The van der Waals surface area contributed by atoms with Crippen molar-refractivity contribution in [1.29, 1.82) is 0 Å². The molecule has 0 aliphatic carbocycles. The quantitative estimate of drug-likeness (QED) is 0.715. The maximum absolute atomic E-state index is 13.8. The molecule has 0 radical (unpaired) electrons. The molecule has 1 aliphatic heterocycles. The summed E-state index contributed by atoms with van der Waals surface area (Å²) < 4.78 is 16.0. The summed E-state index contributed by atoms with van der Waals surface area (Å²) in [4.78, 5) is 14.8. The van der Waals surface area contributed by atoms with Crippen LogP contribution in [0.3, 0.4) is 0 Å². The van der Waals surface area contributed by atoms with E-state index in [4.69, 9.17) is 0 Å². The number of carbonyl (C=O) groups excluding carboxylic acids is 1. The molecule has 2 amide bonds. The minimum Gasteiger partial charge on any atom is -0.348 e. The van der Waals surface area contributed by atoms with Crippen molar-refractivity contribution in [2.75, 3.05) is 11.9 Å². The lowest BCUT2D eigenvalue weighted by molar-refractivity contribution is 0.167. The largest absolute Gasteiger partial charge is 0.348 e. The Labute approximate surface area is 158 Å². The summed E-state index contributed by atoms with van der Waals surface area (Å²) in [6, 6.07) is 18.8. The Kier molecular flexibility index (Phi) is 4.67. The number of benzene rings is 2. The van der Waals surface area contributed by atoms with Gasteiger partial charge in [-0.3, -0.25) is 0 Å². The minimum absolute atomic E-state index is 0.0635. The van der Waals surface area contributed by atoms with E-state index < -0.39 is 0 Å². The van der Waals surface area contributed by atoms with Crippen LogP contribution in [0.25, 0.3) is 0 Å². The van der Waals surface area contributed by atoms with Gasteiger partial charge in [-0.2, -0.15) is 0 Å². The summed E-state index contributed by atoms with van der Waals surface area (Å²) >= 11 is 0. The van der Waals surface area contributed by atoms with Gasteiger partial charge in [0, 0.05) is 30.7 Å². The second-order valence-electron chi connectivity index (χ2n) is 6.92. The van der Waals surface area contributed by atoms with Gasteiger partial charge in [-0.05, 0) is 48.7 Å². The van der Waals surface area contributed by atoms with Gasteiger partial charge in [0.15, 0.2) is 0 Å². The first kappa shape index (κ1) is 17.3. The number of hydrogen-bond donors (Lipinski definition) is 1. The molecule has 4 nitrogen and oxygen atoms in total. The first-order valence-electron chi connectivity index (χ1n) is 9.14. The first-order valence-corrected chi connectivity index (χ1v) is 9.14. The highest BCUT2D eigenvalue weighted by Crippen LogP contribution is 2.30. The molecule has 0 saturated carbocycles. The van der Waals surface area contributed by atoms with E-state index in [-0.39, 0.29) is 17.9 Å². The van der Waals surface area contributed by atoms with Gasteiger partial charge < -0.3 is 14.8 Å². The second-order valence-corrected chi connectivity index (χ2v) is 6.92. The van der Waals surface area contributed by atoms with Crippen LogP contribution < -0.4 is 5.32 Å². The normalized spacial score (nSPS) is 16.1. The number of fused-ring (bicyclic) bond motifs is 1. The Hall–Kier alpha value is -3.08. The molecule has 0 spiro atoms. The summed E-state index contributed by atoms with van der Waals surface area (Å²) in [6.45, 7) is 3.07. The summed E-state index contributed by atoms with van der Waals surface area (Å²) in [7, 11) is 0.